The van der Waals surface area contributed by atoms with E-state index in [0.29, 0.717) is 17.7 Å². The highest BCUT2D eigenvalue weighted by Gasteiger charge is 2.23. The quantitative estimate of drug-likeness (QED) is 0.857. The molecule has 2 rings (SSSR count). The van der Waals surface area contributed by atoms with E-state index >= 15 is 0 Å². The van der Waals surface area contributed by atoms with Gasteiger partial charge >= 0.3 is 0 Å². The van der Waals surface area contributed by atoms with Crippen LogP contribution in [0.3, 0.4) is 0 Å². The van der Waals surface area contributed by atoms with Crippen molar-refractivity contribution in [3.8, 4) is 5.88 Å². The Bertz CT molecular complexity index is 405. The molecule has 100 valence electrons. The topological polar surface area (TPSA) is 47.0 Å². The van der Waals surface area contributed by atoms with E-state index in [4.69, 9.17) is 16.3 Å². The van der Waals surface area contributed by atoms with Crippen molar-refractivity contribution in [2.75, 3.05) is 19.0 Å². The monoisotopic (exact) mass is 333 g/mol. The summed E-state index contributed by atoms with van der Waals surface area (Å²) in [7, 11) is 1.59. The highest BCUT2D eigenvalue weighted by Crippen LogP contribution is 2.29. The number of anilines is 1. The molecule has 1 aliphatic rings. The van der Waals surface area contributed by atoms with Crippen LogP contribution in [0.1, 0.15) is 25.7 Å². The molecule has 2 unspecified atom stereocenters. The summed E-state index contributed by atoms with van der Waals surface area (Å²) in [5.41, 5.74) is 0. The van der Waals surface area contributed by atoms with Crippen LogP contribution in [0.15, 0.2) is 10.7 Å². The molecule has 0 spiro atoms. The van der Waals surface area contributed by atoms with Gasteiger partial charge in [-0.2, -0.15) is 4.98 Å². The molecular formula is C12H17BrClN3O. The van der Waals surface area contributed by atoms with Gasteiger partial charge < -0.3 is 10.1 Å². The Morgan fingerprint density at radius 2 is 2.28 bits per heavy atom. The second-order valence-corrected chi connectivity index (χ2v) is 5.91. The van der Waals surface area contributed by atoms with Gasteiger partial charge in [0.25, 0.3) is 0 Å². The van der Waals surface area contributed by atoms with Gasteiger partial charge in [0.1, 0.15) is 0 Å². The zero-order valence-electron chi connectivity index (χ0n) is 10.3. The molecule has 1 heterocycles. The maximum absolute atomic E-state index is 6.32. The fraction of sp³-hybridized carbons (Fsp3) is 0.667. The molecular weight excluding hydrogens is 318 g/mol. The van der Waals surface area contributed by atoms with Gasteiger partial charge in [-0.1, -0.05) is 12.8 Å². The van der Waals surface area contributed by atoms with Crippen LogP contribution in [0.4, 0.5) is 5.95 Å². The van der Waals surface area contributed by atoms with Crippen molar-refractivity contribution < 1.29 is 4.74 Å². The predicted octanol–water partition coefficient (Wildman–Crippen LogP) is 3.46. The summed E-state index contributed by atoms with van der Waals surface area (Å²) in [6, 6.07) is 0. The summed E-state index contributed by atoms with van der Waals surface area (Å²) in [4.78, 5) is 8.47. The maximum atomic E-state index is 6.32. The minimum atomic E-state index is 0.267. The van der Waals surface area contributed by atoms with Crippen molar-refractivity contribution in [1.82, 2.24) is 9.97 Å². The third kappa shape index (κ3) is 3.48. The normalized spacial score (nSPS) is 23.7. The van der Waals surface area contributed by atoms with Gasteiger partial charge in [0.15, 0.2) is 0 Å². The number of methoxy groups -OCH3 is 1. The van der Waals surface area contributed by atoms with E-state index in [2.05, 4.69) is 31.2 Å². The van der Waals surface area contributed by atoms with E-state index in [1.54, 1.807) is 13.3 Å². The highest BCUT2D eigenvalue weighted by molar-refractivity contribution is 9.10. The van der Waals surface area contributed by atoms with Crippen molar-refractivity contribution in [3.63, 3.8) is 0 Å². The number of nitrogens with zero attached hydrogens (tertiary/aromatic N) is 2. The van der Waals surface area contributed by atoms with Crippen molar-refractivity contribution in [2.45, 2.75) is 31.1 Å². The Balaban J connectivity index is 1.93. The molecule has 1 aromatic heterocycles. The molecule has 6 heteroatoms. The lowest BCUT2D eigenvalue weighted by atomic mass is 9.89. The molecule has 2 atom stereocenters. The van der Waals surface area contributed by atoms with Gasteiger partial charge in [-0.25, -0.2) is 4.98 Å². The average Bonchev–Trinajstić information content (AvgIpc) is 2.39. The Morgan fingerprint density at radius 1 is 1.50 bits per heavy atom. The molecule has 0 radical (unpaired) electrons. The molecule has 0 bridgehead atoms. The second-order valence-electron chi connectivity index (χ2n) is 4.49. The molecule has 18 heavy (non-hydrogen) atoms. The second kappa shape index (κ2) is 6.57. The first-order chi connectivity index (χ1) is 8.70. The number of ether oxygens (including phenoxy) is 1. The van der Waals surface area contributed by atoms with E-state index in [1.807, 2.05) is 0 Å². The number of rotatable bonds is 4. The molecule has 1 aliphatic carbocycles. The number of nitrogens with one attached hydrogen (secondary N) is 1. The fourth-order valence-corrected chi connectivity index (χ4v) is 2.92. The van der Waals surface area contributed by atoms with E-state index in [9.17, 15) is 0 Å². The highest BCUT2D eigenvalue weighted by atomic mass is 79.9. The van der Waals surface area contributed by atoms with Crippen LogP contribution in [-0.2, 0) is 0 Å². The van der Waals surface area contributed by atoms with Crippen molar-refractivity contribution in [1.29, 1.82) is 0 Å². The summed E-state index contributed by atoms with van der Waals surface area (Å²) in [6.45, 7) is 0.818. The molecule has 0 aliphatic heterocycles. The van der Waals surface area contributed by atoms with Gasteiger partial charge in [-0.3, -0.25) is 0 Å². The molecule has 1 N–H and O–H groups in total. The van der Waals surface area contributed by atoms with Gasteiger partial charge in [0, 0.05) is 11.9 Å². The van der Waals surface area contributed by atoms with Gasteiger partial charge in [0.2, 0.25) is 11.8 Å². The van der Waals surface area contributed by atoms with Gasteiger partial charge in [-0.05, 0) is 34.7 Å². The maximum Gasteiger partial charge on any atom is 0.232 e. The first kappa shape index (κ1) is 13.9. The predicted molar refractivity (Wildman–Crippen MR) is 76.4 cm³/mol. The van der Waals surface area contributed by atoms with E-state index in [0.717, 1.165) is 17.4 Å². The summed E-state index contributed by atoms with van der Waals surface area (Å²) < 4.78 is 5.89. The molecule has 0 saturated heterocycles. The number of hydrogen-bond acceptors (Lipinski definition) is 4. The third-order valence-electron chi connectivity index (χ3n) is 3.24. The largest absolute Gasteiger partial charge is 0.480 e. The standard InChI is InChI=1S/C12H17BrClN3O/c1-18-11-9(13)7-16-12(17-11)15-6-8-4-2-3-5-10(8)14/h7-8,10H,2-6H2,1H3,(H,15,16,17). The minimum absolute atomic E-state index is 0.267. The summed E-state index contributed by atoms with van der Waals surface area (Å²) in [5, 5.41) is 3.51. The zero-order chi connectivity index (χ0) is 13.0. The van der Waals surface area contributed by atoms with Crippen LogP contribution < -0.4 is 10.1 Å². The number of halogens is 2. The molecule has 0 aromatic carbocycles. The Morgan fingerprint density at radius 3 is 3.00 bits per heavy atom. The SMILES string of the molecule is COc1nc(NCC2CCCCC2Cl)ncc1Br. The molecule has 1 aromatic rings. The Kier molecular flexibility index (Phi) is 5.06. The van der Waals surface area contributed by atoms with Crippen LogP contribution in [-0.4, -0.2) is 29.0 Å². The van der Waals surface area contributed by atoms with Crippen molar-refractivity contribution in [3.05, 3.63) is 10.7 Å². The Labute approximate surface area is 121 Å². The van der Waals surface area contributed by atoms with Crippen LogP contribution in [0, 0.1) is 5.92 Å². The first-order valence-electron chi connectivity index (χ1n) is 6.15. The van der Waals surface area contributed by atoms with E-state index in [-0.39, 0.29) is 5.38 Å². The van der Waals surface area contributed by atoms with Gasteiger partial charge in [-0.15, -0.1) is 11.6 Å². The zero-order valence-corrected chi connectivity index (χ0v) is 12.7. The summed E-state index contributed by atoms with van der Waals surface area (Å²) >= 11 is 9.65. The number of aromatic nitrogens is 2. The van der Waals surface area contributed by atoms with E-state index < -0.39 is 0 Å². The minimum Gasteiger partial charge on any atom is -0.480 e. The summed E-state index contributed by atoms with van der Waals surface area (Å²) in [5.74, 6) is 1.63. The van der Waals surface area contributed by atoms with Gasteiger partial charge in [0.05, 0.1) is 17.8 Å². The number of hydrogen-bond donors (Lipinski definition) is 1. The summed E-state index contributed by atoms with van der Waals surface area (Å²) in [6.07, 6.45) is 6.48. The first-order valence-corrected chi connectivity index (χ1v) is 7.38. The molecule has 4 nitrogen and oxygen atoms in total. The van der Waals surface area contributed by atoms with Crippen LogP contribution in [0.5, 0.6) is 5.88 Å². The van der Waals surface area contributed by atoms with Crippen molar-refractivity contribution in [2.24, 2.45) is 5.92 Å². The lowest BCUT2D eigenvalue weighted by Crippen LogP contribution is -2.27. The van der Waals surface area contributed by atoms with Crippen LogP contribution in [0.2, 0.25) is 0 Å². The Hall–Kier alpha value is -0.550. The van der Waals surface area contributed by atoms with E-state index in [1.165, 1.54) is 19.3 Å². The van der Waals surface area contributed by atoms with Crippen LogP contribution in [0.25, 0.3) is 0 Å². The average molecular weight is 335 g/mol. The molecule has 1 saturated carbocycles. The molecule has 1 fully saturated rings. The molecule has 0 amide bonds. The lowest BCUT2D eigenvalue weighted by molar-refractivity contribution is 0.378. The third-order valence-corrected chi connectivity index (χ3v) is 4.36. The smallest absolute Gasteiger partial charge is 0.232 e. The number of alkyl halides is 1. The lowest BCUT2D eigenvalue weighted by Gasteiger charge is -2.27. The van der Waals surface area contributed by atoms with Crippen molar-refractivity contribution >= 4 is 33.5 Å². The fourth-order valence-electron chi connectivity index (χ4n) is 2.19. The van der Waals surface area contributed by atoms with Crippen LogP contribution >= 0.6 is 27.5 Å².